The van der Waals surface area contributed by atoms with E-state index in [2.05, 4.69) is 20.3 Å². The molecule has 2 aliphatic carbocycles. The van der Waals surface area contributed by atoms with Gasteiger partial charge in [0.1, 0.15) is 36.9 Å². The molecule has 2 saturated carbocycles. The number of nitrogens with one attached hydrogen (secondary N) is 3. The van der Waals surface area contributed by atoms with Crippen molar-refractivity contribution >= 4 is 44.6 Å². The Morgan fingerprint density at radius 3 is 2.63 bits per heavy atom. The number of hydrogen-bond acceptors (Lipinski definition) is 10. The lowest BCUT2D eigenvalue weighted by Gasteiger charge is -2.32. The average molecular weight is 726 g/mol. The van der Waals surface area contributed by atoms with Gasteiger partial charge >= 0.3 is 6.09 Å². The summed E-state index contributed by atoms with van der Waals surface area (Å²) in [5.74, 6) is -1.40. The van der Waals surface area contributed by atoms with E-state index in [1.807, 2.05) is 26.0 Å². The second-order valence-corrected chi connectivity index (χ2v) is 16.4. The van der Waals surface area contributed by atoms with Gasteiger partial charge in [0.25, 0.3) is 5.91 Å². The summed E-state index contributed by atoms with van der Waals surface area (Å²) in [6.45, 7) is 4.57. The van der Waals surface area contributed by atoms with Gasteiger partial charge in [-0.3, -0.25) is 19.1 Å². The lowest BCUT2D eigenvalue weighted by molar-refractivity contribution is -0.142. The summed E-state index contributed by atoms with van der Waals surface area (Å²) in [7, 11) is -3.90. The summed E-state index contributed by atoms with van der Waals surface area (Å²) in [6.07, 6.45) is 6.27. The van der Waals surface area contributed by atoms with Crippen LogP contribution in [0.5, 0.6) is 17.4 Å². The zero-order valence-corrected chi connectivity index (χ0v) is 29.3. The Bertz CT molecular complexity index is 1880. The monoisotopic (exact) mass is 725 g/mol. The van der Waals surface area contributed by atoms with Crippen molar-refractivity contribution in [3.05, 3.63) is 36.5 Å². The fourth-order valence-electron chi connectivity index (χ4n) is 7.62. The average Bonchev–Trinajstić information content (AvgIpc) is 4.02. The second kappa shape index (κ2) is 13.5. The van der Waals surface area contributed by atoms with Gasteiger partial charge in [-0.25, -0.2) is 18.2 Å². The topological polar surface area (TPSA) is 203 Å². The van der Waals surface area contributed by atoms with Crippen LogP contribution in [0.1, 0.15) is 58.8 Å². The van der Waals surface area contributed by atoms with E-state index in [1.54, 1.807) is 24.4 Å². The second-order valence-electron chi connectivity index (χ2n) is 14.5. The molecule has 51 heavy (non-hydrogen) atoms. The predicted molar refractivity (Wildman–Crippen MR) is 183 cm³/mol. The molecule has 3 aliphatic heterocycles. The zero-order valence-electron chi connectivity index (χ0n) is 28.5. The van der Waals surface area contributed by atoms with Crippen LogP contribution in [-0.4, -0.2) is 96.0 Å². The number of aromatic nitrogens is 1. The molecule has 7 atom stereocenters. The first-order valence-electron chi connectivity index (χ1n) is 17.5. The van der Waals surface area contributed by atoms with Gasteiger partial charge in [-0.1, -0.05) is 26.0 Å². The Morgan fingerprint density at radius 1 is 1.08 bits per heavy atom. The largest absolute Gasteiger partial charge is 0.486 e. The fraction of sp³-hybridized carbons (Fsp3) is 0.571. The third-order valence-electron chi connectivity index (χ3n) is 10.6. The number of sulfonamides is 1. The quantitative estimate of drug-likeness (QED) is 0.319. The van der Waals surface area contributed by atoms with E-state index >= 15 is 0 Å². The molecule has 5 aliphatic rings. The van der Waals surface area contributed by atoms with Gasteiger partial charge in [0.15, 0.2) is 11.5 Å². The molecule has 3 fully saturated rings. The number of fused-ring (bicyclic) bond motifs is 5. The summed E-state index contributed by atoms with van der Waals surface area (Å²) >= 11 is 0. The highest BCUT2D eigenvalue weighted by Gasteiger charge is 2.62. The van der Waals surface area contributed by atoms with Crippen molar-refractivity contribution in [1.29, 1.82) is 0 Å². The molecule has 7 rings (SSSR count). The first kappa shape index (κ1) is 34.8. The first-order valence-corrected chi connectivity index (χ1v) is 19.1. The zero-order chi connectivity index (χ0) is 36.1. The van der Waals surface area contributed by atoms with Gasteiger partial charge in [0, 0.05) is 29.3 Å². The third-order valence-corrected chi connectivity index (χ3v) is 12.4. The number of pyridine rings is 1. The van der Waals surface area contributed by atoms with Crippen LogP contribution in [0.4, 0.5) is 4.79 Å². The Morgan fingerprint density at radius 2 is 1.86 bits per heavy atom. The van der Waals surface area contributed by atoms with Crippen molar-refractivity contribution in [2.45, 2.75) is 87.8 Å². The Balaban J connectivity index is 1.21. The van der Waals surface area contributed by atoms with Crippen molar-refractivity contribution in [2.24, 2.45) is 17.8 Å². The van der Waals surface area contributed by atoms with E-state index in [1.165, 1.54) is 4.90 Å². The number of allylic oxidation sites excluding steroid dienone is 1. The van der Waals surface area contributed by atoms with E-state index in [0.29, 0.717) is 55.8 Å². The standard InChI is InChI=1S/C35H43N5O10S/c1-19-5-3-4-6-21-17-35(21,33(43)39-51(46,47)23-7-8-23)38-30(41)26-16-22(18-40(26)32(42)28(20(2)15-19)37-34(44)45)50-31-25-9-10-27-29(49-14-13-48-27)24(25)11-12-36-31/h4,6,9-12,19-23,26,28,37H,3,5,7-8,13-18H2,1-2H3,(H,38,41)(H,39,43)(H,44,45)/b6-4-/t19-,20-,21-,22-,26+,28+,35-/m1/s1. The molecule has 0 radical (unpaired) electrons. The lowest BCUT2D eigenvalue weighted by Crippen LogP contribution is -2.59. The molecule has 15 nitrogen and oxygen atoms in total. The molecule has 4 amide bonds. The smallest absolute Gasteiger partial charge is 0.405 e. The molecule has 0 spiro atoms. The minimum Gasteiger partial charge on any atom is -0.486 e. The fourth-order valence-corrected chi connectivity index (χ4v) is 8.98. The van der Waals surface area contributed by atoms with E-state index in [0.717, 1.165) is 11.8 Å². The summed E-state index contributed by atoms with van der Waals surface area (Å²) in [5.41, 5.74) is -1.53. The van der Waals surface area contributed by atoms with E-state index in [-0.39, 0.29) is 31.2 Å². The Kier molecular flexibility index (Phi) is 9.23. The van der Waals surface area contributed by atoms with Crippen molar-refractivity contribution in [3.8, 4) is 17.4 Å². The van der Waals surface area contributed by atoms with Gasteiger partial charge in [0.05, 0.1) is 11.8 Å². The van der Waals surface area contributed by atoms with Gasteiger partial charge in [-0.05, 0) is 68.6 Å². The molecule has 0 unspecified atom stereocenters. The highest BCUT2D eigenvalue weighted by Crippen LogP contribution is 2.46. The number of carbonyl (C=O) groups excluding carboxylic acids is 3. The maximum atomic E-state index is 14.4. The summed E-state index contributed by atoms with van der Waals surface area (Å²) in [4.78, 5) is 60.0. The van der Waals surface area contributed by atoms with E-state index in [9.17, 15) is 32.7 Å². The van der Waals surface area contributed by atoms with Gasteiger partial charge in [0.2, 0.25) is 27.7 Å². The van der Waals surface area contributed by atoms with Crippen LogP contribution in [0.2, 0.25) is 0 Å². The maximum Gasteiger partial charge on any atom is 0.405 e. The van der Waals surface area contributed by atoms with E-state index in [4.69, 9.17) is 14.2 Å². The number of nitrogens with zero attached hydrogens (tertiary/aromatic N) is 2. The number of rotatable bonds is 6. The number of carbonyl (C=O) groups is 4. The van der Waals surface area contributed by atoms with Crippen LogP contribution in [0.15, 0.2) is 36.5 Å². The Labute approximate surface area is 295 Å². The normalized spacial score (nSPS) is 31.6. The summed E-state index contributed by atoms with van der Waals surface area (Å²) in [5, 5.41) is 15.7. The molecule has 1 aromatic heterocycles. The first-order chi connectivity index (χ1) is 24.4. The molecule has 16 heteroatoms. The molecular formula is C35H43N5O10S. The highest BCUT2D eigenvalue weighted by molar-refractivity contribution is 7.91. The van der Waals surface area contributed by atoms with Crippen molar-refractivity contribution in [1.82, 2.24) is 25.2 Å². The number of carboxylic acid groups (broad SMARTS) is 1. The number of benzene rings is 1. The van der Waals surface area contributed by atoms with Crippen molar-refractivity contribution < 1.29 is 46.9 Å². The van der Waals surface area contributed by atoms with Crippen molar-refractivity contribution in [3.63, 3.8) is 0 Å². The van der Waals surface area contributed by atoms with Gasteiger partial charge in [-0.2, -0.15) is 0 Å². The van der Waals surface area contributed by atoms with Crippen LogP contribution in [0.3, 0.4) is 0 Å². The lowest BCUT2D eigenvalue weighted by atomic mass is 9.88. The predicted octanol–water partition coefficient (Wildman–Crippen LogP) is 2.49. The molecule has 2 aromatic rings. The molecule has 1 saturated heterocycles. The van der Waals surface area contributed by atoms with Crippen LogP contribution in [0.25, 0.3) is 10.8 Å². The van der Waals surface area contributed by atoms with E-state index < -0.39 is 74.7 Å². The molecule has 4 N–H and O–H groups in total. The third kappa shape index (κ3) is 7.02. The minimum atomic E-state index is -3.90. The van der Waals surface area contributed by atoms with Crippen LogP contribution >= 0.6 is 0 Å². The molecule has 274 valence electrons. The molecular weight excluding hydrogens is 682 g/mol. The van der Waals surface area contributed by atoms with Crippen LogP contribution in [-0.2, 0) is 24.4 Å². The van der Waals surface area contributed by atoms with Gasteiger partial charge in [-0.15, -0.1) is 0 Å². The summed E-state index contributed by atoms with van der Waals surface area (Å²) in [6, 6.07) is 3.02. The maximum absolute atomic E-state index is 14.4. The highest BCUT2D eigenvalue weighted by atomic mass is 32.2. The van der Waals surface area contributed by atoms with Gasteiger partial charge < -0.3 is 34.9 Å². The number of amides is 4. The van der Waals surface area contributed by atoms with Crippen LogP contribution < -0.4 is 29.6 Å². The SMILES string of the molecule is C[C@@H]1CC/C=C\[C@@H]2C[C@@]2(C(=O)NS(=O)(=O)C2CC2)NC(=O)[C@@H]2C[C@@H](Oc3nccc4c5c(ccc34)OCCO5)CN2C(=O)[C@@H](NC(=O)O)[C@H](C)C1. The molecule has 1 aromatic carbocycles. The van der Waals surface area contributed by atoms with Crippen molar-refractivity contribution in [2.75, 3.05) is 19.8 Å². The van der Waals surface area contributed by atoms with Crippen LogP contribution in [0, 0.1) is 17.8 Å². The Hall–Kier alpha value is -4.60. The molecule has 4 heterocycles. The molecule has 0 bridgehead atoms. The summed E-state index contributed by atoms with van der Waals surface area (Å²) < 4.78 is 45.8. The number of hydrogen-bond donors (Lipinski definition) is 4. The number of ether oxygens (including phenoxy) is 3. The minimum absolute atomic E-state index is 0.00332.